The van der Waals surface area contributed by atoms with Crippen molar-refractivity contribution in [3.63, 3.8) is 0 Å². The lowest BCUT2D eigenvalue weighted by Gasteiger charge is -2.29. The van der Waals surface area contributed by atoms with Gasteiger partial charge in [-0.25, -0.2) is 4.39 Å². The molecule has 2 saturated carbocycles. The third-order valence-corrected chi connectivity index (χ3v) is 7.59. The number of alkyl halides is 3. The Labute approximate surface area is 191 Å². The molecule has 1 atom stereocenters. The number of hydrogen-bond acceptors (Lipinski definition) is 0. The standard InChI is InChI=1S/C28H38F4/c1-3-4-20(2)23-15-17-25(18-16-23)24-11-7-21(8-12-24)5-6-22-9-13-26(14-10-22)27(29)19-28(30,31)32/h5-6,15-22,24,26H,3-4,7-14H2,1-2H3/b6-5+,27-19-. The van der Waals surface area contributed by atoms with Crippen molar-refractivity contribution in [2.75, 3.05) is 0 Å². The Bertz CT molecular complexity index is 743. The predicted octanol–water partition coefficient (Wildman–Crippen LogP) is 9.64. The lowest BCUT2D eigenvalue weighted by molar-refractivity contribution is -0.0820. The molecular weight excluding hydrogens is 412 g/mol. The molecule has 0 amide bonds. The fourth-order valence-corrected chi connectivity index (χ4v) is 5.52. The molecule has 0 spiro atoms. The van der Waals surface area contributed by atoms with E-state index in [1.165, 1.54) is 49.7 Å². The van der Waals surface area contributed by atoms with Gasteiger partial charge < -0.3 is 0 Å². The zero-order chi connectivity index (χ0) is 23.1. The Kier molecular flexibility index (Phi) is 9.02. The first-order chi connectivity index (χ1) is 15.2. The molecule has 32 heavy (non-hydrogen) atoms. The number of rotatable bonds is 7. The smallest absolute Gasteiger partial charge is 0.212 e. The maximum atomic E-state index is 13.8. The van der Waals surface area contributed by atoms with E-state index in [9.17, 15) is 17.6 Å². The molecule has 0 heterocycles. The van der Waals surface area contributed by atoms with E-state index in [1.54, 1.807) is 0 Å². The number of hydrogen-bond donors (Lipinski definition) is 0. The Morgan fingerprint density at radius 2 is 1.44 bits per heavy atom. The summed E-state index contributed by atoms with van der Waals surface area (Å²) in [5.74, 6) is 0.685. The molecule has 0 radical (unpaired) electrons. The second-order valence-corrected chi connectivity index (χ2v) is 10.0. The molecule has 178 valence electrons. The minimum atomic E-state index is -4.56. The van der Waals surface area contributed by atoms with Gasteiger partial charge in [0.2, 0.25) is 0 Å². The van der Waals surface area contributed by atoms with Gasteiger partial charge in [-0.2, -0.15) is 13.2 Å². The molecule has 2 fully saturated rings. The number of allylic oxidation sites excluding steroid dienone is 4. The van der Waals surface area contributed by atoms with Gasteiger partial charge in [0.1, 0.15) is 5.83 Å². The first kappa shape index (κ1) is 25.1. The van der Waals surface area contributed by atoms with Crippen molar-refractivity contribution in [1.82, 2.24) is 0 Å². The Balaban J connectivity index is 1.42. The van der Waals surface area contributed by atoms with Crippen molar-refractivity contribution in [2.24, 2.45) is 17.8 Å². The van der Waals surface area contributed by atoms with E-state index >= 15 is 0 Å². The average Bonchev–Trinajstić information content (AvgIpc) is 2.77. The molecule has 3 rings (SSSR count). The number of benzene rings is 1. The van der Waals surface area contributed by atoms with Crippen LogP contribution in [0.3, 0.4) is 0 Å². The zero-order valence-electron chi connectivity index (χ0n) is 19.5. The molecule has 0 nitrogen and oxygen atoms in total. The van der Waals surface area contributed by atoms with Crippen LogP contribution in [0.4, 0.5) is 17.6 Å². The van der Waals surface area contributed by atoms with Crippen LogP contribution >= 0.6 is 0 Å². The van der Waals surface area contributed by atoms with Crippen LogP contribution in [0, 0.1) is 17.8 Å². The normalized spacial score (nSPS) is 28.8. The minimum Gasteiger partial charge on any atom is -0.212 e. The maximum Gasteiger partial charge on any atom is 0.412 e. The van der Waals surface area contributed by atoms with Crippen molar-refractivity contribution in [3.05, 3.63) is 59.4 Å². The van der Waals surface area contributed by atoms with Gasteiger partial charge in [0, 0.05) is 5.92 Å². The summed E-state index contributed by atoms with van der Waals surface area (Å²) in [5.41, 5.74) is 2.91. The monoisotopic (exact) mass is 450 g/mol. The van der Waals surface area contributed by atoms with E-state index in [0.717, 1.165) is 12.8 Å². The molecule has 4 heteroatoms. The predicted molar refractivity (Wildman–Crippen MR) is 124 cm³/mol. The summed E-state index contributed by atoms with van der Waals surface area (Å²) in [6, 6.07) is 9.27. The van der Waals surface area contributed by atoms with Gasteiger partial charge in [-0.05, 0) is 92.6 Å². The van der Waals surface area contributed by atoms with Gasteiger partial charge in [-0.1, -0.05) is 56.7 Å². The molecule has 0 aromatic heterocycles. The summed E-state index contributed by atoms with van der Waals surface area (Å²) in [5, 5.41) is 0. The molecular formula is C28H38F4. The second-order valence-electron chi connectivity index (χ2n) is 10.0. The Morgan fingerprint density at radius 3 is 1.94 bits per heavy atom. The van der Waals surface area contributed by atoms with Crippen molar-refractivity contribution < 1.29 is 17.6 Å². The van der Waals surface area contributed by atoms with Crippen LogP contribution < -0.4 is 0 Å². The Hall–Kier alpha value is -1.58. The highest BCUT2D eigenvalue weighted by molar-refractivity contribution is 5.28. The van der Waals surface area contributed by atoms with Gasteiger partial charge in [0.05, 0.1) is 6.08 Å². The highest BCUT2D eigenvalue weighted by Crippen LogP contribution is 2.39. The molecule has 0 aliphatic heterocycles. The van der Waals surface area contributed by atoms with Crippen LogP contribution in [-0.2, 0) is 0 Å². The summed E-state index contributed by atoms with van der Waals surface area (Å²) in [6.45, 7) is 4.54. The molecule has 1 aromatic rings. The van der Waals surface area contributed by atoms with Crippen LogP contribution in [-0.4, -0.2) is 6.18 Å². The zero-order valence-corrected chi connectivity index (χ0v) is 19.5. The summed E-state index contributed by atoms with van der Waals surface area (Å²) in [6.07, 6.45) is 9.68. The first-order valence-electron chi connectivity index (χ1n) is 12.5. The fourth-order valence-electron chi connectivity index (χ4n) is 5.52. The fraction of sp³-hybridized carbons (Fsp3) is 0.643. The molecule has 0 bridgehead atoms. The summed E-state index contributed by atoms with van der Waals surface area (Å²) in [7, 11) is 0. The molecule has 2 aliphatic rings. The van der Waals surface area contributed by atoms with E-state index in [4.69, 9.17) is 0 Å². The largest absolute Gasteiger partial charge is 0.412 e. The molecule has 0 N–H and O–H groups in total. The van der Waals surface area contributed by atoms with E-state index in [2.05, 4.69) is 50.3 Å². The van der Waals surface area contributed by atoms with E-state index < -0.39 is 17.9 Å². The summed E-state index contributed by atoms with van der Waals surface area (Å²) in [4.78, 5) is 0. The van der Waals surface area contributed by atoms with Gasteiger partial charge in [-0.15, -0.1) is 0 Å². The highest BCUT2D eigenvalue weighted by Gasteiger charge is 2.30. The van der Waals surface area contributed by atoms with Gasteiger partial charge in [0.15, 0.2) is 0 Å². The van der Waals surface area contributed by atoms with E-state index in [0.29, 0.717) is 36.5 Å². The van der Waals surface area contributed by atoms with Crippen molar-refractivity contribution in [3.8, 4) is 0 Å². The van der Waals surface area contributed by atoms with Crippen molar-refractivity contribution in [2.45, 2.75) is 96.1 Å². The van der Waals surface area contributed by atoms with E-state index in [-0.39, 0.29) is 6.08 Å². The van der Waals surface area contributed by atoms with Gasteiger partial charge >= 0.3 is 6.18 Å². The molecule has 1 aromatic carbocycles. The van der Waals surface area contributed by atoms with Crippen LogP contribution in [0.2, 0.25) is 0 Å². The van der Waals surface area contributed by atoms with Crippen molar-refractivity contribution in [1.29, 1.82) is 0 Å². The average molecular weight is 451 g/mol. The maximum absolute atomic E-state index is 13.8. The van der Waals surface area contributed by atoms with Crippen LogP contribution in [0.1, 0.15) is 101 Å². The first-order valence-corrected chi connectivity index (χ1v) is 12.5. The van der Waals surface area contributed by atoms with Gasteiger partial charge in [0.25, 0.3) is 0 Å². The Morgan fingerprint density at radius 1 is 0.906 bits per heavy atom. The summed E-state index contributed by atoms with van der Waals surface area (Å²) < 4.78 is 50.8. The molecule has 2 aliphatic carbocycles. The summed E-state index contributed by atoms with van der Waals surface area (Å²) >= 11 is 0. The third kappa shape index (κ3) is 7.49. The molecule has 0 saturated heterocycles. The third-order valence-electron chi connectivity index (χ3n) is 7.59. The lowest BCUT2D eigenvalue weighted by atomic mass is 9.77. The second kappa shape index (κ2) is 11.5. The van der Waals surface area contributed by atoms with Gasteiger partial charge in [-0.3, -0.25) is 0 Å². The minimum absolute atomic E-state index is 0.161. The topological polar surface area (TPSA) is 0 Å². The quantitative estimate of drug-likeness (QED) is 0.286. The van der Waals surface area contributed by atoms with Crippen LogP contribution in [0.15, 0.2) is 48.3 Å². The van der Waals surface area contributed by atoms with E-state index in [1.807, 2.05) is 0 Å². The lowest BCUT2D eigenvalue weighted by Crippen LogP contribution is -2.16. The SMILES string of the molecule is CCCC(C)c1ccc(C2CCC(/C=C/C3CCC(/C(F)=C/C(F)(F)F)CC3)CC2)cc1. The van der Waals surface area contributed by atoms with Crippen molar-refractivity contribution >= 4 is 0 Å². The number of halogens is 4. The van der Waals surface area contributed by atoms with Crippen LogP contribution in [0.25, 0.3) is 0 Å². The highest BCUT2D eigenvalue weighted by atomic mass is 19.4. The van der Waals surface area contributed by atoms with Crippen LogP contribution in [0.5, 0.6) is 0 Å². The molecule has 1 unspecified atom stereocenters.